The number of amides is 2. The second kappa shape index (κ2) is 9.46. The van der Waals surface area contributed by atoms with E-state index < -0.39 is 6.04 Å². The van der Waals surface area contributed by atoms with Crippen LogP contribution in [0.25, 0.3) is 17.0 Å². The molecule has 0 radical (unpaired) electrons. The van der Waals surface area contributed by atoms with E-state index in [1.807, 2.05) is 75.4 Å². The molecule has 2 amide bonds. The predicted molar refractivity (Wildman–Crippen MR) is 143 cm³/mol. The third kappa shape index (κ3) is 4.31. The summed E-state index contributed by atoms with van der Waals surface area (Å²) in [4.78, 5) is 19.9. The van der Waals surface area contributed by atoms with Crippen LogP contribution < -0.4 is 10.2 Å². The highest BCUT2D eigenvalue weighted by atomic mass is 16.5. The molecule has 1 atom stereocenters. The number of nitrogens with zero attached hydrogens (tertiary/aromatic N) is 3. The third-order valence-electron chi connectivity index (χ3n) is 6.92. The van der Waals surface area contributed by atoms with Crippen LogP contribution in [0.1, 0.15) is 53.6 Å². The molecule has 0 fully saturated rings. The summed E-state index contributed by atoms with van der Waals surface area (Å²) < 4.78 is 5.83. The predicted octanol–water partition coefficient (Wildman–Crippen LogP) is 6.93. The summed E-state index contributed by atoms with van der Waals surface area (Å²) >= 11 is 0. The number of aromatic nitrogens is 2. The fourth-order valence-corrected chi connectivity index (χ4v) is 4.54. The lowest BCUT2D eigenvalue weighted by Gasteiger charge is -2.35. The van der Waals surface area contributed by atoms with Gasteiger partial charge in [-0.25, -0.2) is 4.79 Å². The Morgan fingerprint density at radius 2 is 1.64 bits per heavy atom. The Labute approximate surface area is 211 Å². The molecule has 2 heterocycles. The lowest BCUT2D eigenvalue weighted by Crippen LogP contribution is -2.46. The number of aryl methyl sites for hydroxylation is 4. The average molecular weight is 479 g/mol. The summed E-state index contributed by atoms with van der Waals surface area (Å²) in [5.41, 5.74) is 8.85. The molecule has 0 saturated carbocycles. The van der Waals surface area contributed by atoms with Gasteiger partial charge in [-0.3, -0.25) is 4.90 Å². The molecule has 1 aliphatic rings. The lowest BCUT2D eigenvalue weighted by atomic mass is 9.93. The quantitative estimate of drug-likeness (QED) is 0.338. The van der Waals surface area contributed by atoms with E-state index in [-0.39, 0.29) is 6.03 Å². The molecule has 1 aliphatic heterocycles. The molecular formula is C30H30N4O2. The van der Waals surface area contributed by atoms with Crippen molar-refractivity contribution in [2.75, 3.05) is 4.90 Å². The molecule has 6 heteroatoms. The molecule has 0 aliphatic carbocycles. The van der Waals surface area contributed by atoms with Crippen LogP contribution in [0.4, 0.5) is 10.5 Å². The second-order valence-electron chi connectivity index (χ2n) is 9.37. The van der Waals surface area contributed by atoms with E-state index in [9.17, 15) is 4.79 Å². The Morgan fingerprint density at radius 3 is 2.31 bits per heavy atom. The number of carbonyl (C=O) groups is 1. The number of hydrogen-bond donors (Lipinski definition) is 1. The monoisotopic (exact) mass is 478 g/mol. The molecule has 1 unspecified atom stereocenters. The molecule has 0 bridgehead atoms. The molecule has 3 aromatic carbocycles. The van der Waals surface area contributed by atoms with Gasteiger partial charge < -0.3 is 9.84 Å². The largest absolute Gasteiger partial charge is 0.334 e. The van der Waals surface area contributed by atoms with Crippen molar-refractivity contribution in [2.24, 2.45) is 0 Å². The van der Waals surface area contributed by atoms with E-state index in [4.69, 9.17) is 9.51 Å². The van der Waals surface area contributed by atoms with E-state index in [0.29, 0.717) is 11.7 Å². The summed E-state index contributed by atoms with van der Waals surface area (Å²) in [5.74, 6) is 0.909. The van der Waals surface area contributed by atoms with E-state index in [1.54, 1.807) is 4.90 Å². The number of benzene rings is 3. The van der Waals surface area contributed by atoms with Gasteiger partial charge in [0.2, 0.25) is 5.82 Å². The average Bonchev–Trinajstić information content (AvgIpc) is 3.36. The molecule has 0 spiro atoms. The number of rotatable bonds is 5. The van der Waals surface area contributed by atoms with Crippen molar-refractivity contribution in [3.05, 3.63) is 106 Å². The van der Waals surface area contributed by atoms with Crippen molar-refractivity contribution in [1.29, 1.82) is 0 Å². The van der Waals surface area contributed by atoms with Crippen molar-refractivity contribution in [2.45, 2.75) is 47.1 Å². The highest BCUT2D eigenvalue weighted by Crippen LogP contribution is 2.39. The summed E-state index contributed by atoms with van der Waals surface area (Å²) in [6.45, 7) is 10.2. The first-order valence-corrected chi connectivity index (χ1v) is 12.2. The minimum atomic E-state index is -0.420. The summed E-state index contributed by atoms with van der Waals surface area (Å²) in [6.07, 6.45) is 0.968. The number of allylic oxidation sites excluding steroid dienone is 1. The minimum absolute atomic E-state index is 0.194. The van der Waals surface area contributed by atoms with E-state index in [2.05, 4.69) is 36.5 Å². The molecule has 6 nitrogen and oxygen atoms in total. The molecule has 1 N–H and O–H groups in total. The van der Waals surface area contributed by atoms with Gasteiger partial charge in [0.15, 0.2) is 0 Å². The van der Waals surface area contributed by atoms with Crippen LogP contribution in [-0.4, -0.2) is 16.2 Å². The van der Waals surface area contributed by atoms with Crippen LogP contribution in [0.2, 0.25) is 0 Å². The van der Waals surface area contributed by atoms with Crippen LogP contribution in [0.5, 0.6) is 0 Å². The Balaban J connectivity index is 1.64. The van der Waals surface area contributed by atoms with Gasteiger partial charge in [0.25, 0.3) is 5.89 Å². The number of anilines is 1. The molecule has 5 rings (SSSR count). The first kappa shape index (κ1) is 23.5. The van der Waals surface area contributed by atoms with Crippen LogP contribution in [0, 0.1) is 20.8 Å². The molecule has 0 saturated heterocycles. The molecule has 182 valence electrons. The van der Waals surface area contributed by atoms with Gasteiger partial charge in [-0.1, -0.05) is 72.2 Å². The van der Waals surface area contributed by atoms with Gasteiger partial charge in [0, 0.05) is 11.3 Å². The Kier molecular flexibility index (Phi) is 6.18. The van der Waals surface area contributed by atoms with Gasteiger partial charge in [0.05, 0.1) is 17.3 Å². The Hall–Kier alpha value is -4.19. The fourth-order valence-electron chi connectivity index (χ4n) is 4.54. The van der Waals surface area contributed by atoms with E-state index in [1.165, 1.54) is 11.1 Å². The summed E-state index contributed by atoms with van der Waals surface area (Å²) in [7, 11) is 0. The van der Waals surface area contributed by atoms with Crippen LogP contribution in [-0.2, 0) is 6.42 Å². The number of nitrogens with one attached hydrogen (secondary N) is 1. The Morgan fingerprint density at radius 1 is 0.917 bits per heavy atom. The van der Waals surface area contributed by atoms with Crippen molar-refractivity contribution in [3.8, 4) is 11.4 Å². The first-order chi connectivity index (χ1) is 17.4. The smallest absolute Gasteiger partial charge is 0.326 e. The van der Waals surface area contributed by atoms with E-state index in [0.717, 1.165) is 45.6 Å². The highest BCUT2D eigenvalue weighted by Gasteiger charge is 2.36. The van der Waals surface area contributed by atoms with Crippen LogP contribution in [0.3, 0.4) is 0 Å². The zero-order chi connectivity index (χ0) is 25.4. The fraction of sp³-hybridized carbons (Fsp3) is 0.233. The maximum absolute atomic E-state index is 13.4. The lowest BCUT2D eigenvalue weighted by molar-refractivity contribution is 0.244. The number of hydrogen-bond acceptors (Lipinski definition) is 4. The maximum Gasteiger partial charge on any atom is 0.326 e. The standard InChI is InChI=1S/C30H30N4O2/c1-6-22-10-14-24(15-11-22)28-32-29(36-33-28)26-21(5)34(25-16-9-19(3)20(4)17-25)30(35)31-27(26)23-12-7-18(2)8-13-23/h7-17,27H,6H2,1-5H3,(H,31,35). The van der Waals surface area contributed by atoms with Crippen LogP contribution >= 0.6 is 0 Å². The zero-order valence-electron chi connectivity index (χ0n) is 21.3. The summed E-state index contributed by atoms with van der Waals surface area (Å²) in [6, 6.07) is 21.7. The first-order valence-electron chi connectivity index (χ1n) is 12.2. The van der Waals surface area contributed by atoms with Crippen molar-refractivity contribution in [3.63, 3.8) is 0 Å². The summed E-state index contributed by atoms with van der Waals surface area (Å²) in [5, 5.41) is 7.46. The van der Waals surface area contributed by atoms with Gasteiger partial charge >= 0.3 is 6.03 Å². The zero-order valence-corrected chi connectivity index (χ0v) is 21.3. The van der Waals surface area contributed by atoms with Gasteiger partial charge in [-0.05, 0) is 68.5 Å². The van der Waals surface area contributed by atoms with E-state index >= 15 is 0 Å². The SMILES string of the molecule is CCc1ccc(-c2noc(C3=C(C)N(c4ccc(C)c(C)c4)C(=O)NC3c3ccc(C)cc3)n2)cc1. The number of urea groups is 1. The number of carbonyl (C=O) groups excluding carboxylic acids is 1. The topological polar surface area (TPSA) is 71.3 Å². The van der Waals surface area contributed by atoms with Gasteiger partial charge in [0.1, 0.15) is 0 Å². The highest BCUT2D eigenvalue weighted by molar-refractivity contribution is 6.01. The normalized spacial score (nSPS) is 15.9. The van der Waals surface area contributed by atoms with Crippen molar-refractivity contribution >= 4 is 17.3 Å². The maximum atomic E-state index is 13.4. The van der Waals surface area contributed by atoms with Crippen molar-refractivity contribution in [1.82, 2.24) is 15.5 Å². The molecule has 1 aromatic heterocycles. The Bertz CT molecular complexity index is 1450. The molecular weight excluding hydrogens is 448 g/mol. The molecule has 4 aromatic rings. The second-order valence-corrected chi connectivity index (χ2v) is 9.37. The third-order valence-corrected chi connectivity index (χ3v) is 6.92. The van der Waals surface area contributed by atoms with Gasteiger partial charge in [-0.2, -0.15) is 4.98 Å². The van der Waals surface area contributed by atoms with Crippen LogP contribution in [0.15, 0.2) is 77.0 Å². The van der Waals surface area contributed by atoms with Gasteiger partial charge in [-0.15, -0.1) is 0 Å². The van der Waals surface area contributed by atoms with Crippen molar-refractivity contribution < 1.29 is 9.32 Å². The minimum Gasteiger partial charge on any atom is -0.334 e. The molecule has 36 heavy (non-hydrogen) atoms.